The van der Waals surface area contributed by atoms with Crippen molar-refractivity contribution in [3.8, 4) is 5.75 Å². The van der Waals surface area contributed by atoms with Crippen molar-refractivity contribution in [1.82, 2.24) is 5.32 Å². The molecule has 0 aliphatic carbocycles. The quantitative estimate of drug-likeness (QED) is 0.646. The first-order valence-electron chi connectivity index (χ1n) is 6.92. The molecule has 3 N–H and O–H groups in total. The zero-order chi connectivity index (χ0) is 15.8. The number of aliphatic hydroxyl groups excluding tert-OH is 2. The number of thioether (sulfide) groups is 1. The number of rotatable bonds is 9. The largest absolute Gasteiger partial charge is 0.491 e. The minimum absolute atomic E-state index is 0.117. The van der Waals surface area contributed by atoms with Gasteiger partial charge in [-0.25, -0.2) is 0 Å². The first kappa shape index (κ1) is 18.6. The minimum Gasteiger partial charge on any atom is -0.491 e. The second-order valence-electron chi connectivity index (χ2n) is 5.03. The van der Waals surface area contributed by atoms with Gasteiger partial charge in [0.25, 0.3) is 0 Å². The summed E-state index contributed by atoms with van der Waals surface area (Å²) in [6.07, 6.45) is 1.35. The van der Waals surface area contributed by atoms with E-state index in [1.807, 2.05) is 26.2 Å². The highest BCUT2D eigenvalue weighted by atomic mass is 35.5. The first-order chi connectivity index (χ1) is 9.97. The van der Waals surface area contributed by atoms with Crippen LogP contribution in [0.3, 0.4) is 0 Å². The van der Waals surface area contributed by atoms with Crippen LogP contribution in [0, 0.1) is 6.92 Å². The minimum atomic E-state index is -0.607. The van der Waals surface area contributed by atoms with Crippen LogP contribution < -0.4 is 10.1 Å². The average Bonchev–Trinajstić information content (AvgIpc) is 2.47. The van der Waals surface area contributed by atoms with Gasteiger partial charge in [0.1, 0.15) is 18.5 Å². The van der Waals surface area contributed by atoms with Gasteiger partial charge in [0.05, 0.1) is 6.61 Å². The molecule has 3 atom stereocenters. The standard InChI is InChI=1S/C15H24ClNO3S/c1-10-6-13(4-5-14(10)16)20-9-12(19)7-17-11(2)15(8-18)21-3/h4-6,11-12,15,17-19H,7-9H2,1-3H3. The number of hydrogen-bond donors (Lipinski definition) is 3. The molecular formula is C15H24ClNO3S. The lowest BCUT2D eigenvalue weighted by molar-refractivity contribution is 0.103. The molecule has 0 fully saturated rings. The molecule has 21 heavy (non-hydrogen) atoms. The summed E-state index contributed by atoms with van der Waals surface area (Å²) in [5, 5.41) is 23.2. The fourth-order valence-corrected chi connectivity index (χ4v) is 2.62. The molecule has 0 heterocycles. The van der Waals surface area contributed by atoms with Crippen LogP contribution in [-0.4, -0.2) is 53.6 Å². The van der Waals surface area contributed by atoms with Crippen molar-refractivity contribution in [1.29, 1.82) is 0 Å². The third kappa shape index (κ3) is 6.45. The van der Waals surface area contributed by atoms with E-state index in [9.17, 15) is 10.2 Å². The molecule has 1 rings (SSSR count). The maximum absolute atomic E-state index is 9.93. The second kappa shape index (κ2) is 9.54. The Hall–Kier alpha value is -0.460. The third-order valence-corrected chi connectivity index (χ3v) is 4.87. The van der Waals surface area contributed by atoms with E-state index < -0.39 is 6.10 Å². The van der Waals surface area contributed by atoms with Crippen molar-refractivity contribution in [3.63, 3.8) is 0 Å². The van der Waals surface area contributed by atoms with Gasteiger partial charge in [-0.05, 0) is 43.9 Å². The lowest BCUT2D eigenvalue weighted by atomic mass is 10.2. The lowest BCUT2D eigenvalue weighted by Gasteiger charge is -2.23. The van der Waals surface area contributed by atoms with Crippen molar-refractivity contribution in [2.24, 2.45) is 0 Å². The van der Waals surface area contributed by atoms with Crippen molar-refractivity contribution in [3.05, 3.63) is 28.8 Å². The van der Waals surface area contributed by atoms with Gasteiger partial charge < -0.3 is 20.3 Å². The van der Waals surface area contributed by atoms with Crippen molar-refractivity contribution in [2.45, 2.75) is 31.2 Å². The summed E-state index contributed by atoms with van der Waals surface area (Å²) >= 11 is 7.55. The number of aryl methyl sites for hydroxylation is 1. The van der Waals surface area contributed by atoms with E-state index in [4.69, 9.17) is 16.3 Å². The van der Waals surface area contributed by atoms with E-state index in [2.05, 4.69) is 5.32 Å². The second-order valence-corrected chi connectivity index (χ2v) is 6.51. The maximum Gasteiger partial charge on any atom is 0.119 e. The lowest BCUT2D eigenvalue weighted by Crippen LogP contribution is -2.42. The van der Waals surface area contributed by atoms with Crippen LogP contribution in [0.15, 0.2) is 18.2 Å². The van der Waals surface area contributed by atoms with Crippen LogP contribution in [0.25, 0.3) is 0 Å². The molecule has 4 nitrogen and oxygen atoms in total. The highest BCUT2D eigenvalue weighted by molar-refractivity contribution is 7.99. The van der Waals surface area contributed by atoms with E-state index in [0.29, 0.717) is 17.3 Å². The zero-order valence-corrected chi connectivity index (χ0v) is 14.2. The molecule has 6 heteroatoms. The molecular weight excluding hydrogens is 310 g/mol. The predicted octanol–water partition coefficient (Wildman–Crippen LogP) is 2.09. The molecule has 0 aliphatic rings. The molecule has 0 saturated heterocycles. The van der Waals surface area contributed by atoms with E-state index in [-0.39, 0.29) is 24.5 Å². The van der Waals surface area contributed by atoms with Crippen molar-refractivity contribution >= 4 is 23.4 Å². The number of benzene rings is 1. The van der Waals surface area contributed by atoms with Crippen LogP contribution >= 0.6 is 23.4 Å². The maximum atomic E-state index is 9.93. The Labute approximate surface area is 135 Å². The molecule has 1 aromatic carbocycles. The Bertz CT molecular complexity index is 429. The van der Waals surface area contributed by atoms with Crippen molar-refractivity contribution < 1.29 is 14.9 Å². The summed E-state index contributed by atoms with van der Waals surface area (Å²) in [5.74, 6) is 0.696. The molecule has 120 valence electrons. The molecule has 0 aromatic heterocycles. The number of nitrogens with one attached hydrogen (secondary N) is 1. The molecule has 0 radical (unpaired) electrons. The number of ether oxygens (including phenoxy) is 1. The molecule has 3 unspecified atom stereocenters. The topological polar surface area (TPSA) is 61.7 Å². The highest BCUT2D eigenvalue weighted by Gasteiger charge is 2.16. The summed E-state index contributed by atoms with van der Waals surface area (Å²) in [7, 11) is 0. The number of halogens is 1. The Balaban J connectivity index is 2.33. The molecule has 0 amide bonds. The molecule has 0 spiro atoms. The molecule has 0 bridgehead atoms. The van der Waals surface area contributed by atoms with Crippen LogP contribution in [0.5, 0.6) is 5.75 Å². The number of hydrogen-bond acceptors (Lipinski definition) is 5. The van der Waals surface area contributed by atoms with E-state index >= 15 is 0 Å². The van der Waals surface area contributed by atoms with Crippen molar-refractivity contribution in [2.75, 3.05) is 26.0 Å². The Morgan fingerprint density at radius 3 is 2.71 bits per heavy atom. The average molecular weight is 334 g/mol. The van der Waals surface area contributed by atoms with E-state index in [1.54, 1.807) is 23.9 Å². The van der Waals surface area contributed by atoms with Crippen LogP contribution in [-0.2, 0) is 0 Å². The normalized spacial score (nSPS) is 15.5. The van der Waals surface area contributed by atoms with Gasteiger partial charge in [-0.15, -0.1) is 0 Å². The van der Waals surface area contributed by atoms with Gasteiger partial charge in [-0.3, -0.25) is 0 Å². The summed E-state index contributed by atoms with van der Waals surface area (Å²) in [4.78, 5) is 0. The summed E-state index contributed by atoms with van der Waals surface area (Å²) < 4.78 is 5.55. The summed E-state index contributed by atoms with van der Waals surface area (Å²) in [6.45, 7) is 4.65. The monoisotopic (exact) mass is 333 g/mol. The van der Waals surface area contributed by atoms with Gasteiger partial charge in [-0.1, -0.05) is 11.6 Å². The predicted molar refractivity (Wildman–Crippen MR) is 89.5 cm³/mol. The van der Waals surface area contributed by atoms with E-state index in [0.717, 1.165) is 5.56 Å². The Kier molecular flexibility index (Phi) is 8.44. The van der Waals surface area contributed by atoms with Crippen LogP contribution in [0.2, 0.25) is 5.02 Å². The van der Waals surface area contributed by atoms with Crippen LogP contribution in [0.4, 0.5) is 0 Å². The fourth-order valence-electron chi connectivity index (χ4n) is 1.85. The molecule has 1 aromatic rings. The van der Waals surface area contributed by atoms with Gasteiger partial charge >= 0.3 is 0 Å². The van der Waals surface area contributed by atoms with Gasteiger partial charge in [0, 0.05) is 22.9 Å². The third-order valence-electron chi connectivity index (χ3n) is 3.29. The summed E-state index contributed by atoms with van der Waals surface area (Å²) in [6, 6.07) is 5.54. The fraction of sp³-hybridized carbons (Fsp3) is 0.600. The van der Waals surface area contributed by atoms with Gasteiger partial charge in [0.15, 0.2) is 0 Å². The first-order valence-corrected chi connectivity index (χ1v) is 8.58. The SMILES string of the molecule is CSC(CO)C(C)NCC(O)COc1ccc(Cl)c(C)c1. The van der Waals surface area contributed by atoms with E-state index in [1.165, 1.54) is 0 Å². The highest BCUT2D eigenvalue weighted by Crippen LogP contribution is 2.21. The molecule has 0 aliphatic heterocycles. The zero-order valence-electron chi connectivity index (χ0n) is 12.7. The van der Waals surface area contributed by atoms with Crippen LogP contribution in [0.1, 0.15) is 12.5 Å². The smallest absolute Gasteiger partial charge is 0.119 e. The van der Waals surface area contributed by atoms with Gasteiger partial charge in [0.2, 0.25) is 0 Å². The Morgan fingerprint density at radius 2 is 2.14 bits per heavy atom. The molecule has 0 saturated carbocycles. The number of aliphatic hydroxyl groups is 2. The Morgan fingerprint density at radius 1 is 1.43 bits per heavy atom. The van der Waals surface area contributed by atoms with Gasteiger partial charge in [-0.2, -0.15) is 11.8 Å². The summed E-state index contributed by atoms with van der Waals surface area (Å²) in [5.41, 5.74) is 0.946.